The lowest BCUT2D eigenvalue weighted by Gasteiger charge is -2.14. The van der Waals surface area contributed by atoms with Crippen LogP contribution in [0.25, 0.3) is 0 Å². The van der Waals surface area contributed by atoms with Crippen LogP contribution in [0.15, 0.2) is 18.3 Å². The van der Waals surface area contributed by atoms with Crippen LogP contribution >= 0.6 is 0 Å². The lowest BCUT2D eigenvalue weighted by molar-refractivity contribution is -0.119. The highest BCUT2D eigenvalue weighted by atomic mass is 16.5. The van der Waals surface area contributed by atoms with Gasteiger partial charge < -0.3 is 15.4 Å². The van der Waals surface area contributed by atoms with Crippen molar-refractivity contribution in [3.05, 3.63) is 18.3 Å². The van der Waals surface area contributed by atoms with Crippen molar-refractivity contribution in [1.82, 2.24) is 10.3 Å². The Labute approximate surface area is 114 Å². The molecule has 0 saturated carbocycles. The van der Waals surface area contributed by atoms with E-state index in [-0.39, 0.29) is 18.6 Å². The molecule has 1 aromatic rings. The number of pyridine rings is 1. The number of amides is 1. The van der Waals surface area contributed by atoms with Gasteiger partial charge in [0, 0.05) is 12.7 Å². The average molecular weight is 265 g/mol. The van der Waals surface area contributed by atoms with E-state index in [0.29, 0.717) is 18.3 Å². The van der Waals surface area contributed by atoms with Gasteiger partial charge in [0.15, 0.2) is 0 Å². The molecule has 1 rings (SSSR count). The van der Waals surface area contributed by atoms with Crippen molar-refractivity contribution in [1.29, 1.82) is 0 Å². The van der Waals surface area contributed by atoms with Crippen LogP contribution in [0.4, 0.5) is 5.69 Å². The topological polar surface area (TPSA) is 63.2 Å². The number of nitrogens with zero attached hydrogens (tertiary/aromatic N) is 1. The highest BCUT2D eigenvalue weighted by Gasteiger charge is 2.08. The quantitative estimate of drug-likeness (QED) is 0.792. The van der Waals surface area contributed by atoms with Gasteiger partial charge in [-0.05, 0) is 31.9 Å². The summed E-state index contributed by atoms with van der Waals surface area (Å²) in [6.45, 7) is 8.89. The summed E-state index contributed by atoms with van der Waals surface area (Å²) in [5.41, 5.74) is 0.732. The van der Waals surface area contributed by atoms with E-state index in [0.717, 1.165) is 5.69 Å². The summed E-state index contributed by atoms with van der Waals surface area (Å²) in [5.74, 6) is 0.935. The Morgan fingerprint density at radius 3 is 2.74 bits per heavy atom. The Bertz CT molecular complexity index is 405. The minimum absolute atomic E-state index is 0.0342. The first kappa shape index (κ1) is 15.3. The van der Waals surface area contributed by atoms with Crippen molar-refractivity contribution in [2.45, 2.75) is 33.8 Å². The Morgan fingerprint density at radius 1 is 1.37 bits per heavy atom. The lowest BCUT2D eigenvalue weighted by Crippen LogP contribution is -2.32. The molecule has 5 heteroatoms. The molecule has 0 unspecified atom stereocenters. The fraction of sp³-hybridized carbons (Fsp3) is 0.571. The monoisotopic (exact) mass is 265 g/mol. The number of hydrogen-bond acceptors (Lipinski definition) is 4. The van der Waals surface area contributed by atoms with Gasteiger partial charge in [-0.2, -0.15) is 0 Å². The van der Waals surface area contributed by atoms with Gasteiger partial charge in [0.05, 0.1) is 18.3 Å². The van der Waals surface area contributed by atoms with Crippen LogP contribution in [-0.2, 0) is 4.79 Å². The first-order valence-corrected chi connectivity index (χ1v) is 6.61. The van der Waals surface area contributed by atoms with E-state index in [1.807, 2.05) is 26.0 Å². The SMILES string of the molecule is CC(C)CNC(=O)CNc1cccnc1OC(C)C. The summed E-state index contributed by atoms with van der Waals surface area (Å²) in [6.07, 6.45) is 1.71. The normalized spacial score (nSPS) is 10.6. The van der Waals surface area contributed by atoms with Gasteiger partial charge >= 0.3 is 0 Å². The average Bonchev–Trinajstić information content (AvgIpc) is 2.34. The molecule has 5 nitrogen and oxygen atoms in total. The van der Waals surface area contributed by atoms with E-state index in [1.54, 1.807) is 6.20 Å². The molecule has 1 aromatic heterocycles. The van der Waals surface area contributed by atoms with E-state index in [2.05, 4.69) is 29.5 Å². The molecule has 0 aliphatic heterocycles. The molecule has 0 atom stereocenters. The first-order chi connectivity index (χ1) is 8.99. The van der Waals surface area contributed by atoms with E-state index < -0.39 is 0 Å². The zero-order valence-corrected chi connectivity index (χ0v) is 12.1. The zero-order chi connectivity index (χ0) is 14.3. The molecule has 1 heterocycles. The van der Waals surface area contributed by atoms with Crippen molar-refractivity contribution < 1.29 is 9.53 Å². The van der Waals surface area contributed by atoms with Gasteiger partial charge in [-0.1, -0.05) is 13.8 Å². The fourth-order valence-electron chi connectivity index (χ4n) is 1.40. The van der Waals surface area contributed by atoms with Gasteiger partial charge in [-0.15, -0.1) is 0 Å². The highest BCUT2D eigenvalue weighted by Crippen LogP contribution is 2.21. The number of aromatic nitrogens is 1. The summed E-state index contributed by atoms with van der Waals surface area (Å²) in [7, 11) is 0. The Kier molecular flexibility index (Phi) is 6.12. The Balaban J connectivity index is 2.50. The van der Waals surface area contributed by atoms with Gasteiger partial charge in [-0.3, -0.25) is 4.79 Å². The van der Waals surface area contributed by atoms with Gasteiger partial charge in [0.2, 0.25) is 11.8 Å². The molecular weight excluding hydrogens is 242 g/mol. The predicted octanol–water partition coefficient (Wildman–Crippen LogP) is 2.05. The number of ether oxygens (including phenoxy) is 1. The second-order valence-electron chi connectivity index (χ2n) is 5.07. The summed E-state index contributed by atoms with van der Waals surface area (Å²) in [5, 5.41) is 5.89. The van der Waals surface area contributed by atoms with Gasteiger partial charge in [0.1, 0.15) is 0 Å². The smallest absolute Gasteiger partial charge is 0.239 e. The molecule has 0 aliphatic rings. The van der Waals surface area contributed by atoms with E-state index in [1.165, 1.54) is 0 Å². The Hall–Kier alpha value is -1.78. The van der Waals surface area contributed by atoms with Crippen LogP contribution in [0.5, 0.6) is 5.88 Å². The molecule has 106 valence electrons. The minimum atomic E-state index is -0.0342. The first-order valence-electron chi connectivity index (χ1n) is 6.61. The number of nitrogens with one attached hydrogen (secondary N) is 2. The van der Waals surface area contributed by atoms with E-state index in [4.69, 9.17) is 4.74 Å². The maximum Gasteiger partial charge on any atom is 0.239 e. The van der Waals surface area contributed by atoms with Crippen LogP contribution in [0, 0.1) is 5.92 Å². The third-order valence-corrected chi connectivity index (χ3v) is 2.27. The third kappa shape index (κ3) is 6.08. The molecule has 2 N–H and O–H groups in total. The maximum absolute atomic E-state index is 11.6. The molecule has 1 amide bonds. The third-order valence-electron chi connectivity index (χ3n) is 2.27. The highest BCUT2D eigenvalue weighted by molar-refractivity contribution is 5.81. The maximum atomic E-state index is 11.6. The van der Waals surface area contributed by atoms with Gasteiger partial charge in [-0.25, -0.2) is 4.98 Å². The van der Waals surface area contributed by atoms with Crippen LogP contribution < -0.4 is 15.4 Å². The van der Waals surface area contributed by atoms with E-state index >= 15 is 0 Å². The fourth-order valence-corrected chi connectivity index (χ4v) is 1.40. The predicted molar refractivity (Wildman–Crippen MR) is 76.3 cm³/mol. The number of anilines is 1. The van der Waals surface area contributed by atoms with Crippen molar-refractivity contribution in [2.24, 2.45) is 5.92 Å². The Morgan fingerprint density at radius 2 is 2.11 bits per heavy atom. The molecule has 0 aromatic carbocycles. The van der Waals surface area contributed by atoms with E-state index in [9.17, 15) is 4.79 Å². The number of carbonyl (C=O) groups is 1. The van der Waals surface area contributed by atoms with Crippen molar-refractivity contribution in [3.63, 3.8) is 0 Å². The lowest BCUT2D eigenvalue weighted by atomic mass is 10.2. The van der Waals surface area contributed by atoms with Crippen LogP contribution in [0.2, 0.25) is 0 Å². The second kappa shape index (κ2) is 7.61. The largest absolute Gasteiger partial charge is 0.473 e. The number of carbonyl (C=O) groups excluding carboxylic acids is 1. The summed E-state index contributed by atoms with van der Waals surface area (Å²) in [4.78, 5) is 15.8. The van der Waals surface area contributed by atoms with Gasteiger partial charge in [0.25, 0.3) is 0 Å². The summed E-state index contributed by atoms with van der Waals surface area (Å²) in [6, 6.07) is 3.65. The van der Waals surface area contributed by atoms with Crippen LogP contribution in [0.3, 0.4) is 0 Å². The molecule has 0 radical (unpaired) electrons. The summed E-state index contributed by atoms with van der Waals surface area (Å²) < 4.78 is 5.57. The number of hydrogen-bond donors (Lipinski definition) is 2. The van der Waals surface area contributed by atoms with Crippen molar-refractivity contribution >= 4 is 11.6 Å². The van der Waals surface area contributed by atoms with Crippen molar-refractivity contribution in [2.75, 3.05) is 18.4 Å². The number of rotatable bonds is 7. The molecule has 0 spiro atoms. The van der Waals surface area contributed by atoms with Crippen LogP contribution in [0.1, 0.15) is 27.7 Å². The molecule has 0 aliphatic carbocycles. The zero-order valence-electron chi connectivity index (χ0n) is 12.1. The summed E-state index contributed by atoms with van der Waals surface area (Å²) >= 11 is 0. The van der Waals surface area contributed by atoms with Crippen LogP contribution in [-0.4, -0.2) is 30.1 Å². The molecular formula is C14H23N3O2. The molecule has 0 fully saturated rings. The molecule has 0 saturated heterocycles. The minimum Gasteiger partial charge on any atom is -0.473 e. The molecule has 19 heavy (non-hydrogen) atoms. The molecule has 0 bridgehead atoms. The second-order valence-corrected chi connectivity index (χ2v) is 5.07. The standard InChI is InChI=1S/C14H23N3O2/c1-10(2)8-17-13(18)9-16-12-6-5-7-15-14(12)19-11(3)4/h5-7,10-11,16H,8-9H2,1-4H3,(H,17,18). The van der Waals surface area contributed by atoms with Crippen molar-refractivity contribution in [3.8, 4) is 5.88 Å².